The summed E-state index contributed by atoms with van der Waals surface area (Å²) in [6.07, 6.45) is 0.870. The van der Waals surface area contributed by atoms with Gasteiger partial charge in [0.05, 0.1) is 0 Å². The number of methoxy groups -OCH3 is 1. The summed E-state index contributed by atoms with van der Waals surface area (Å²) in [4.78, 5) is 1.99. The van der Waals surface area contributed by atoms with E-state index in [-0.39, 0.29) is 11.9 Å². The highest BCUT2D eigenvalue weighted by molar-refractivity contribution is 6.00. The highest BCUT2D eigenvalue weighted by Crippen LogP contribution is 2.26. The predicted octanol–water partition coefficient (Wildman–Crippen LogP) is 2.39. The lowest BCUT2D eigenvalue weighted by Gasteiger charge is -2.25. The van der Waals surface area contributed by atoms with Gasteiger partial charge in [-0.05, 0) is 31.0 Å². The van der Waals surface area contributed by atoms with Gasteiger partial charge in [0.25, 0.3) is 0 Å². The van der Waals surface area contributed by atoms with E-state index in [1.807, 2.05) is 4.90 Å². The fourth-order valence-corrected chi connectivity index (χ4v) is 2.14. The molecule has 0 spiro atoms. The molecule has 2 rings (SSSR count). The Bertz CT molecular complexity index is 433. The summed E-state index contributed by atoms with van der Waals surface area (Å²) in [5.41, 5.74) is 1.75. The summed E-state index contributed by atoms with van der Waals surface area (Å²) in [7, 11) is 1.67. The van der Waals surface area contributed by atoms with Crippen LogP contribution in [0.2, 0.25) is 0 Å². The molecule has 1 aromatic rings. The van der Waals surface area contributed by atoms with E-state index < -0.39 is 0 Å². The standard InChI is InChI=1S/C13H17FN2O/c1-9(5-6-17-2)16-8-10-3-4-11(14)7-12(10)13(16)15/h3-4,7,9,15H,5-6,8H2,1-2H3. The smallest absolute Gasteiger partial charge is 0.129 e. The third-order valence-electron chi connectivity index (χ3n) is 3.23. The summed E-state index contributed by atoms with van der Waals surface area (Å²) in [5, 5.41) is 8.07. The molecule has 4 heteroatoms. The maximum atomic E-state index is 13.1. The fraction of sp³-hybridized carbons (Fsp3) is 0.462. The number of halogens is 1. The van der Waals surface area contributed by atoms with Crippen LogP contribution in [0.15, 0.2) is 18.2 Å². The third kappa shape index (κ3) is 2.31. The molecule has 17 heavy (non-hydrogen) atoms. The van der Waals surface area contributed by atoms with Crippen molar-refractivity contribution in [2.24, 2.45) is 0 Å². The van der Waals surface area contributed by atoms with E-state index in [2.05, 4.69) is 6.92 Å². The molecule has 3 nitrogen and oxygen atoms in total. The average Bonchev–Trinajstić information content (AvgIpc) is 2.64. The maximum Gasteiger partial charge on any atom is 0.129 e. The number of nitrogens with one attached hydrogen (secondary N) is 1. The molecule has 0 saturated heterocycles. The van der Waals surface area contributed by atoms with Crippen LogP contribution < -0.4 is 0 Å². The number of fused-ring (bicyclic) bond motifs is 1. The van der Waals surface area contributed by atoms with Gasteiger partial charge in [0, 0.05) is 31.9 Å². The Morgan fingerprint density at radius 1 is 1.53 bits per heavy atom. The average molecular weight is 236 g/mol. The minimum absolute atomic E-state index is 0.234. The Morgan fingerprint density at radius 3 is 3.00 bits per heavy atom. The second-order valence-electron chi connectivity index (χ2n) is 4.41. The second kappa shape index (κ2) is 4.84. The molecule has 1 N–H and O–H groups in total. The van der Waals surface area contributed by atoms with Gasteiger partial charge in [0.2, 0.25) is 0 Å². The van der Waals surface area contributed by atoms with Gasteiger partial charge in [0.1, 0.15) is 11.7 Å². The van der Waals surface area contributed by atoms with Crippen LogP contribution >= 0.6 is 0 Å². The van der Waals surface area contributed by atoms with E-state index in [1.165, 1.54) is 12.1 Å². The van der Waals surface area contributed by atoms with Crippen LogP contribution in [0, 0.1) is 11.2 Å². The minimum Gasteiger partial charge on any atom is -0.385 e. The maximum absolute atomic E-state index is 13.1. The van der Waals surface area contributed by atoms with Crippen molar-refractivity contribution in [3.05, 3.63) is 35.1 Å². The molecule has 1 aromatic carbocycles. The summed E-state index contributed by atoms with van der Waals surface area (Å²) in [6.45, 7) is 3.44. The summed E-state index contributed by atoms with van der Waals surface area (Å²) in [5.74, 6) is 0.142. The SMILES string of the molecule is COCCC(C)N1Cc2ccc(F)cc2C1=N. The van der Waals surface area contributed by atoms with Gasteiger partial charge in [-0.3, -0.25) is 5.41 Å². The Balaban J connectivity index is 2.14. The molecule has 1 aliphatic rings. The molecular formula is C13H17FN2O. The van der Waals surface area contributed by atoms with Crippen LogP contribution in [-0.4, -0.2) is 30.5 Å². The zero-order valence-corrected chi connectivity index (χ0v) is 10.2. The van der Waals surface area contributed by atoms with E-state index in [4.69, 9.17) is 10.1 Å². The summed E-state index contributed by atoms with van der Waals surface area (Å²) in [6, 6.07) is 4.90. The lowest BCUT2D eigenvalue weighted by atomic mass is 10.1. The van der Waals surface area contributed by atoms with Gasteiger partial charge < -0.3 is 9.64 Å². The molecule has 1 atom stereocenters. The Morgan fingerprint density at radius 2 is 2.29 bits per heavy atom. The van der Waals surface area contributed by atoms with Crippen molar-refractivity contribution in [3.63, 3.8) is 0 Å². The number of rotatable bonds is 4. The molecule has 0 aromatic heterocycles. The van der Waals surface area contributed by atoms with E-state index in [0.717, 1.165) is 12.0 Å². The van der Waals surface area contributed by atoms with Gasteiger partial charge in [-0.25, -0.2) is 4.39 Å². The Labute approximate surface area is 101 Å². The number of amidine groups is 1. The molecule has 0 amide bonds. The number of benzene rings is 1. The van der Waals surface area contributed by atoms with Crippen LogP contribution in [0.25, 0.3) is 0 Å². The molecule has 1 heterocycles. The van der Waals surface area contributed by atoms with Gasteiger partial charge in [-0.2, -0.15) is 0 Å². The molecule has 0 bridgehead atoms. The van der Waals surface area contributed by atoms with E-state index >= 15 is 0 Å². The van der Waals surface area contributed by atoms with Crippen LogP contribution in [0.1, 0.15) is 24.5 Å². The monoisotopic (exact) mass is 236 g/mol. The van der Waals surface area contributed by atoms with Crippen LogP contribution in [0.4, 0.5) is 4.39 Å². The van der Waals surface area contributed by atoms with Gasteiger partial charge >= 0.3 is 0 Å². The van der Waals surface area contributed by atoms with Crippen LogP contribution in [0.5, 0.6) is 0 Å². The molecule has 0 radical (unpaired) electrons. The number of ether oxygens (including phenoxy) is 1. The van der Waals surface area contributed by atoms with Crippen molar-refractivity contribution in [2.45, 2.75) is 25.9 Å². The zero-order valence-electron chi connectivity index (χ0n) is 10.2. The van der Waals surface area contributed by atoms with Crippen molar-refractivity contribution < 1.29 is 9.13 Å². The minimum atomic E-state index is -0.278. The van der Waals surface area contributed by atoms with Gasteiger partial charge in [-0.1, -0.05) is 6.07 Å². The first-order valence-electron chi connectivity index (χ1n) is 5.76. The van der Waals surface area contributed by atoms with Crippen molar-refractivity contribution in [1.82, 2.24) is 4.90 Å². The highest BCUT2D eigenvalue weighted by Gasteiger charge is 2.27. The highest BCUT2D eigenvalue weighted by atomic mass is 19.1. The first-order valence-corrected chi connectivity index (χ1v) is 5.76. The molecule has 0 saturated carbocycles. The molecule has 0 fully saturated rings. The van der Waals surface area contributed by atoms with Gasteiger partial charge in [-0.15, -0.1) is 0 Å². The Hall–Kier alpha value is -1.42. The molecule has 92 valence electrons. The van der Waals surface area contributed by atoms with E-state index in [0.29, 0.717) is 24.6 Å². The predicted molar refractivity (Wildman–Crippen MR) is 64.7 cm³/mol. The lowest BCUT2D eigenvalue weighted by Crippen LogP contribution is -2.34. The normalized spacial score (nSPS) is 16.2. The second-order valence-corrected chi connectivity index (χ2v) is 4.41. The zero-order chi connectivity index (χ0) is 12.4. The topological polar surface area (TPSA) is 36.3 Å². The number of hydrogen-bond donors (Lipinski definition) is 1. The van der Waals surface area contributed by atoms with Gasteiger partial charge in [0.15, 0.2) is 0 Å². The third-order valence-corrected chi connectivity index (χ3v) is 3.23. The van der Waals surface area contributed by atoms with Crippen molar-refractivity contribution in [1.29, 1.82) is 5.41 Å². The molecular weight excluding hydrogens is 219 g/mol. The van der Waals surface area contributed by atoms with E-state index in [9.17, 15) is 4.39 Å². The molecule has 0 aliphatic carbocycles. The van der Waals surface area contributed by atoms with Crippen LogP contribution in [0.3, 0.4) is 0 Å². The Kier molecular flexibility index (Phi) is 3.43. The largest absolute Gasteiger partial charge is 0.385 e. The molecule has 1 unspecified atom stereocenters. The summed E-state index contributed by atoms with van der Waals surface area (Å²) >= 11 is 0. The lowest BCUT2D eigenvalue weighted by molar-refractivity contribution is 0.167. The molecule has 1 aliphatic heterocycles. The number of hydrogen-bond acceptors (Lipinski definition) is 2. The number of nitrogens with zero attached hydrogens (tertiary/aromatic N) is 1. The van der Waals surface area contributed by atoms with Crippen LogP contribution in [-0.2, 0) is 11.3 Å². The summed E-state index contributed by atoms with van der Waals surface area (Å²) < 4.78 is 18.2. The van der Waals surface area contributed by atoms with Crippen molar-refractivity contribution >= 4 is 5.84 Å². The van der Waals surface area contributed by atoms with Crippen molar-refractivity contribution in [2.75, 3.05) is 13.7 Å². The fourth-order valence-electron chi connectivity index (χ4n) is 2.14. The first kappa shape index (κ1) is 12.0. The van der Waals surface area contributed by atoms with Crippen molar-refractivity contribution in [3.8, 4) is 0 Å². The first-order chi connectivity index (χ1) is 8.13. The quantitative estimate of drug-likeness (QED) is 0.871. The van der Waals surface area contributed by atoms with E-state index in [1.54, 1.807) is 13.2 Å².